The van der Waals surface area contributed by atoms with Crippen molar-refractivity contribution in [3.05, 3.63) is 65.2 Å². The van der Waals surface area contributed by atoms with Crippen molar-refractivity contribution in [2.75, 3.05) is 13.1 Å². The summed E-state index contributed by atoms with van der Waals surface area (Å²) in [6.07, 6.45) is 0.825. The summed E-state index contributed by atoms with van der Waals surface area (Å²) in [5.41, 5.74) is 2.73. The zero-order valence-electron chi connectivity index (χ0n) is 19.8. The molecule has 0 aliphatic rings. The van der Waals surface area contributed by atoms with Gasteiger partial charge in [0.15, 0.2) is 0 Å². The van der Waals surface area contributed by atoms with E-state index in [1.54, 1.807) is 12.1 Å². The van der Waals surface area contributed by atoms with Crippen LogP contribution in [0.4, 0.5) is 0 Å². The second kappa shape index (κ2) is 12.4. The molecule has 0 radical (unpaired) electrons. The Labute approximate surface area is 191 Å². The van der Waals surface area contributed by atoms with Crippen molar-refractivity contribution in [1.82, 2.24) is 10.2 Å². The van der Waals surface area contributed by atoms with Gasteiger partial charge in [0.25, 0.3) is 0 Å². The van der Waals surface area contributed by atoms with Gasteiger partial charge in [0.1, 0.15) is 12.3 Å². The van der Waals surface area contributed by atoms with Crippen LogP contribution < -0.4 is 10.1 Å². The molecule has 0 spiro atoms. The Hall–Kier alpha value is -2.70. The van der Waals surface area contributed by atoms with E-state index < -0.39 is 5.97 Å². The fourth-order valence-corrected chi connectivity index (χ4v) is 3.99. The SMILES string of the molecule is CC(=O)NCC(=O)Oc1ccc(CO)cc1C(CCN(C(C)C)C(C)C)c1ccccc1. The van der Waals surface area contributed by atoms with Gasteiger partial charge in [0.2, 0.25) is 5.91 Å². The summed E-state index contributed by atoms with van der Waals surface area (Å²) < 4.78 is 5.65. The van der Waals surface area contributed by atoms with Crippen LogP contribution in [0.5, 0.6) is 5.75 Å². The minimum Gasteiger partial charge on any atom is -0.425 e. The van der Waals surface area contributed by atoms with Gasteiger partial charge < -0.3 is 15.2 Å². The average Bonchev–Trinajstić information content (AvgIpc) is 2.76. The minimum absolute atomic E-state index is 0.0220. The number of aliphatic hydroxyl groups excluding tert-OH is 1. The van der Waals surface area contributed by atoms with Gasteiger partial charge in [-0.25, -0.2) is 4.79 Å². The summed E-state index contributed by atoms with van der Waals surface area (Å²) in [6.45, 7) is 10.7. The van der Waals surface area contributed by atoms with Crippen LogP contribution in [0.25, 0.3) is 0 Å². The van der Waals surface area contributed by atoms with Crippen LogP contribution in [0.15, 0.2) is 48.5 Å². The first-order valence-electron chi connectivity index (χ1n) is 11.2. The van der Waals surface area contributed by atoms with Crippen LogP contribution in [-0.4, -0.2) is 47.1 Å². The summed E-state index contributed by atoms with van der Waals surface area (Å²) in [6, 6.07) is 16.3. The zero-order valence-corrected chi connectivity index (χ0v) is 19.8. The molecule has 6 nitrogen and oxygen atoms in total. The van der Waals surface area contributed by atoms with Crippen molar-refractivity contribution in [1.29, 1.82) is 0 Å². The number of carbonyl (C=O) groups is 2. The highest BCUT2D eigenvalue weighted by molar-refractivity contribution is 5.81. The molecule has 32 heavy (non-hydrogen) atoms. The molecule has 0 aliphatic heterocycles. The van der Waals surface area contributed by atoms with Crippen LogP contribution in [0.3, 0.4) is 0 Å². The van der Waals surface area contributed by atoms with Gasteiger partial charge in [-0.2, -0.15) is 0 Å². The Kier molecular flexibility index (Phi) is 9.88. The molecule has 0 heterocycles. The van der Waals surface area contributed by atoms with E-state index in [0.717, 1.165) is 29.7 Å². The third-order valence-corrected chi connectivity index (χ3v) is 5.54. The summed E-state index contributed by atoms with van der Waals surface area (Å²) in [7, 11) is 0. The molecule has 0 bridgehead atoms. The van der Waals surface area contributed by atoms with Gasteiger partial charge in [-0.15, -0.1) is 0 Å². The van der Waals surface area contributed by atoms with Gasteiger partial charge in [-0.1, -0.05) is 36.4 Å². The van der Waals surface area contributed by atoms with E-state index in [0.29, 0.717) is 17.8 Å². The monoisotopic (exact) mass is 440 g/mol. The standard InChI is InChI=1S/C26H36N2O4/c1-18(2)28(19(3)4)14-13-23(22-9-7-6-8-10-22)24-15-21(17-29)11-12-25(24)32-26(31)16-27-20(5)30/h6-12,15,18-19,23,29H,13-14,16-17H2,1-5H3,(H,27,30). The predicted octanol–water partition coefficient (Wildman–Crippen LogP) is 3.86. The smallest absolute Gasteiger partial charge is 0.330 e. The van der Waals surface area contributed by atoms with Crippen LogP contribution in [0.1, 0.15) is 63.6 Å². The number of benzene rings is 2. The molecule has 2 rings (SSSR count). The maximum absolute atomic E-state index is 12.3. The Morgan fingerprint density at radius 3 is 2.25 bits per heavy atom. The maximum atomic E-state index is 12.3. The molecular formula is C26H36N2O4. The number of carbonyl (C=O) groups excluding carboxylic acids is 2. The Morgan fingerprint density at radius 1 is 1.03 bits per heavy atom. The van der Waals surface area contributed by atoms with Gasteiger partial charge >= 0.3 is 5.97 Å². The number of amides is 1. The largest absolute Gasteiger partial charge is 0.425 e. The van der Waals surface area contributed by atoms with Crippen LogP contribution in [-0.2, 0) is 16.2 Å². The van der Waals surface area contributed by atoms with Gasteiger partial charge in [0, 0.05) is 30.5 Å². The molecule has 2 aromatic carbocycles. The van der Waals surface area contributed by atoms with E-state index in [1.165, 1.54) is 6.92 Å². The third-order valence-electron chi connectivity index (χ3n) is 5.54. The van der Waals surface area contributed by atoms with E-state index in [9.17, 15) is 14.7 Å². The van der Waals surface area contributed by atoms with Crippen LogP contribution >= 0.6 is 0 Å². The van der Waals surface area contributed by atoms with Gasteiger partial charge in [0.05, 0.1) is 6.61 Å². The molecule has 1 unspecified atom stereocenters. The topological polar surface area (TPSA) is 78.9 Å². The lowest BCUT2D eigenvalue weighted by atomic mass is 9.86. The fourth-order valence-electron chi connectivity index (χ4n) is 3.99. The second-order valence-electron chi connectivity index (χ2n) is 8.59. The van der Waals surface area contributed by atoms with Crippen molar-refractivity contribution in [3.8, 4) is 5.75 Å². The van der Waals surface area contributed by atoms with E-state index in [4.69, 9.17) is 4.74 Å². The average molecular weight is 441 g/mol. The van der Waals surface area contributed by atoms with Crippen molar-refractivity contribution >= 4 is 11.9 Å². The van der Waals surface area contributed by atoms with Crippen molar-refractivity contribution in [2.24, 2.45) is 0 Å². The molecule has 2 N–H and O–H groups in total. The second-order valence-corrected chi connectivity index (χ2v) is 8.59. The first-order valence-corrected chi connectivity index (χ1v) is 11.2. The molecule has 0 aromatic heterocycles. The highest BCUT2D eigenvalue weighted by Crippen LogP contribution is 2.36. The van der Waals surface area contributed by atoms with E-state index in [1.807, 2.05) is 24.3 Å². The molecular weight excluding hydrogens is 404 g/mol. The van der Waals surface area contributed by atoms with Crippen LogP contribution in [0, 0.1) is 0 Å². The zero-order chi connectivity index (χ0) is 23.7. The number of nitrogens with one attached hydrogen (secondary N) is 1. The molecule has 6 heteroatoms. The van der Waals surface area contributed by atoms with Crippen molar-refractivity contribution in [3.63, 3.8) is 0 Å². The molecule has 0 saturated carbocycles. The number of esters is 1. The molecule has 2 aromatic rings. The number of aliphatic hydroxyl groups is 1. The highest BCUT2D eigenvalue weighted by atomic mass is 16.5. The molecule has 0 saturated heterocycles. The Balaban J connectivity index is 2.42. The van der Waals surface area contributed by atoms with E-state index >= 15 is 0 Å². The quantitative estimate of drug-likeness (QED) is 0.410. The number of hydrogen-bond acceptors (Lipinski definition) is 5. The molecule has 1 atom stereocenters. The number of rotatable bonds is 11. The summed E-state index contributed by atoms with van der Waals surface area (Å²) in [4.78, 5) is 25.9. The van der Waals surface area contributed by atoms with Crippen molar-refractivity contribution in [2.45, 2.75) is 65.6 Å². The lowest BCUT2D eigenvalue weighted by Crippen LogP contribution is -2.38. The third kappa shape index (κ3) is 7.46. The summed E-state index contributed by atoms with van der Waals surface area (Å²) in [5.74, 6) is -0.392. The number of hydrogen-bond donors (Lipinski definition) is 2. The predicted molar refractivity (Wildman–Crippen MR) is 127 cm³/mol. The van der Waals surface area contributed by atoms with Crippen LogP contribution in [0.2, 0.25) is 0 Å². The summed E-state index contributed by atoms with van der Waals surface area (Å²) >= 11 is 0. The Bertz CT molecular complexity index is 873. The minimum atomic E-state index is -0.531. The molecule has 174 valence electrons. The van der Waals surface area contributed by atoms with Gasteiger partial charge in [-0.05, 0) is 63.9 Å². The normalized spacial score (nSPS) is 12.3. The highest BCUT2D eigenvalue weighted by Gasteiger charge is 2.23. The number of ether oxygens (including phenoxy) is 1. The van der Waals surface area contributed by atoms with E-state index in [-0.39, 0.29) is 25.0 Å². The fraction of sp³-hybridized carbons (Fsp3) is 0.462. The van der Waals surface area contributed by atoms with Crippen molar-refractivity contribution < 1.29 is 19.4 Å². The molecule has 1 amide bonds. The van der Waals surface area contributed by atoms with E-state index in [2.05, 4.69) is 50.0 Å². The number of nitrogens with zero attached hydrogens (tertiary/aromatic N) is 1. The first-order chi connectivity index (χ1) is 15.2. The molecule has 0 fully saturated rings. The first kappa shape index (κ1) is 25.6. The molecule has 0 aliphatic carbocycles. The summed E-state index contributed by atoms with van der Waals surface area (Å²) in [5, 5.41) is 12.2. The maximum Gasteiger partial charge on any atom is 0.330 e. The lowest BCUT2D eigenvalue weighted by molar-refractivity contribution is -0.135. The lowest BCUT2D eigenvalue weighted by Gasteiger charge is -2.32. The Morgan fingerprint density at radius 2 is 1.69 bits per heavy atom. The van der Waals surface area contributed by atoms with Gasteiger partial charge in [-0.3, -0.25) is 9.69 Å².